The van der Waals surface area contributed by atoms with Crippen LogP contribution in [0.1, 0.15) is 31.7 Å². The highest BCUT2D eigenvalue weighted by Crippen LogP contribution is 2.50. The Hall–Kier alpha value is -1.32. The lowest BCUT2D eigenvalue weighted by Gasteiger charge is -2.51. The van der Waals surface area contributed by atoms with E-state index in [1.54, 1.807) is 0 Å². The van der Waals surface area contributed by atoms with Gasteiger partial charge in [0.05, 0.1) is 6.61 Å². The van der Waals surface area contributed by atoms with Crippen molar-refractivity contribution in [3.05, 3.63) is 47.0 Å². The van der Waals surface area contributed by atoms with Crippen molar-refractivity contribution in [1.82, 2.24) is 4.90 Å². The molecule has 0 aromatic heterocycles. The Bertz CT molecular complexity index is 626. The lowest BCUT2D eigenvalue weighted by atomic mass is 9.84. The summed E-state index contributed by atoms with van der Waals surface area (Å²) in [4.78, 5) is 14.9. The zero-order valence-corrected chi connectivity index (χ0v) is 13.4. The Morgan fingerprint density at radius 2 is 1.95 bits per heavy atom. The molecule has 22 heavy (non-hydrogen) atoms. The van der Waals surface area contributed by atoms with Crippen LogP contribution < -0.4 is 0 Å². The molecule has 3 nitrogen and oxygen atoms in total. The molecule has 1 aliphatic carbocycles. The van der Waals surface area contributed by atoms with Crippen molar-refractivity contribution >= 4 is 17.5 Å². The van der Waals surface area contributed by atoms with Crippen molar-refractivity contribution in [3.8, 4) is 0 Å². The Balaban J connectivity index is 1.80. The molecule has 0 bridgehead atoms. The molecule has 0 saturated carbocycles. The number of carbonyl (C=O) groups is 1. The zero-order valence-electron chi connectivity index (χ0n) is 12.7. The molecule has 1 aromatic rings. The molecule has 4 heteroatoms. The maximum atomic E-state index is 12.8. The quantitative estimate of drug-likeness (QED) is 0.739. The normalized spacial score (nSPS) is 37.1. The number of amides is 1. The molecule has 2 heterocycles. The van der Waals surface area contributed by atoms with Gasteiger partial charge >= 0.3 is 0 Å². The van der Waals surface area contributed by atoms with E-state index in [-0.39, 0.29) is 17.9 Å². The second-order valence-corrected chi connectivity index (χ2v) is 7.12. The van der Waals surface area contributed by atoms with Crippen LogP contribution in [0.2, 0.25) is 5.02 Å². The first-order valence-electron chi connectivity index (χ1n) is 8.00. The number of benzene rings is 1. The average Bonchev–Trinajstić information content (AvgIpc) is 2.80. The monoisotopic (exact) mass is 317 g/mol. The molecule has 2 saturated heterocycles. The summed E-state index contributed by atoms with van der Waals surface area (Å²) in [6.07, 6.45) is 7.07. The van der Waals surface area contributed by atoms with Crippen molar-refractivity contribution in [3.63, 3.8) is 0 Å². The molecular weight excluding hydrogens is 298 g/mol. The fraction of sp³-hybridized carbons (Fsp3) is 0.500. The van der Waals surface area contributed by atoms with Crippen LogP contribution in [0.4, 0.5) is 0 Å². The van der Waals surface area contributed by atoms with Crippen LogP contribution in [0.5, 0.6) is 0 Å². The number of rotatable bonds is 1. The molecule has 3 aliphatic rings. The van der Waals surface area contributed by atoms with Crippen LogP contribution in [0.3, 0.4) is 0 Å². The van der Waals surface area contributed by atoms with E-state index in [0.29, 0.717) is 17.5 Å². The minimum atomic E-state index is -0.604. The summed E-state index contributed by atoms with van der Waals surface area (Å²) >= 11 is 6.03. The average molecular weight is 318 g/mol. The van der Waals surface area contributed by atoms with Crippen molar-refractivity contribution in [2.75, 3.05) is 6.61 Å². The number of nitrogens with zero attached hydrogens (tertiary/aromatic N) is 1. The molecule has 116 valence electrons. The van der Waals surface area contributed by atoms with E-state index in [0.717, 1.165) is 24.8 Å². The fourth-order valence-corrected chi connectivity index (χ4v) is 4.35. The largest absolute Gasteiger partial charge is 0.351 e. The maximum Gasteiger partial charge on any atom is 0.228 e. The summed E-state index contributed by atoms with van der Waals surface area (Å²) in [5, 5.41) is 0.707. The predicted molar refractivity (Wildman–Crippen MR) is 85.4 cm³/mol. The van der Waals surface area contributed by atoms with Gasteiger partial charge in [0.1, 0.15) is 0 Å². The molecule has 2 aliphatic heterocycles. The smallest absolute Gasteiger partial charge is 0.228 e. The third-order valence-corrected chi connectivity index (χ3v) is 5.57. The number of hydrogen-bond donors (Lipinski definition) is 0. The molecule has 4 rings (SSSR count). The maximum absolute atomic E-state index is 12.8. The standard InChI is InChI=1S/C18H20ClNO2/c1-12-10-18(14-6-8-15(19)9-7-14)20(17(12)21)16-5-3-2-4-13(16)11-22-18/h2-3,6-9,12-13,16H,4-5,10-11H2,1H3/t12-,13+,16+,18+/m0/s1. The first-order chi connectivity index (χ1) is 10.6. The van der Waals surface area contributed by atoms with Gasteiger partial charge < -0.3 is 9.64 Å². The minimum Gasteiger partial charge on any atom is -0.351 e. The van der Waals surface area contributed by atoms with E-state index in [2.05, 4.69) is 12.2 Å². The van der Waals surface area contributed by atoms with Gasteiger partial charge in [0.15, 0.2) is 5.72 Å². The van der Waals surface area contributed by atoms with E-state index >= 15 is 0 Å². The molecule has 0 unspecified atom stereocenters. The van der Waals surface area contributed by atoms with Gasteiger partial charge in [0.25, 0.3) is 0 Å². The first-order valence-corrected chi connectivity index (χ1v) is 8.38. The summed E-state index contributed by atoms with van der Waals surface area (Å²) in [7, 11) is 0. The summed E-state index contributed by atoms with van der Waals surface area (Å²) in [5.74, 6) is 0.639. The van der Waals surface area contributed by atoms with Gasteiger partial charge in [0, 0.05) is 34.9 Å². The number of allylic oxidation sites excluding steroid dienone is 1. The third-order valence-electron chi connectivity index (χ3n) is 5.32. The Morgan fingerprint density at radius 3 is 2.73 bits per heavy atom. The highest BCUT2D eigenvalue weighted by Gasteiger charge is 2.57. The van der Waals surface area contributed by atoms with Gasteiger partial charge in [-0.15, -0.1) is 0 Å². The summed E-state index contributed by atoms with van der Waals surface area (Å²) < 4.78 is 6.35. The molecule has 0 N–H and O–H groups in total. The highest BCUT2D eigenvalue weighted by molar-refractivity contribution is 6.30. The summed E-state index contributed by atoms with van der Waals surface area (Å²) in [6, 6.07) is 8.02. The Labute approximate surface area is 135 Å². The van der Waals surface area contributed by atoms with Gasteiger partial charge in [-0.1, -0.05) is 42.8 Å². The van der Waals surface area contributed by atoms with Crippen molar-refractivity contribution < 1.29 is 9.53 Å². The lowest BCUT2D eigenvalue weighted by molar-refractivity contribution is -0.216. The molecule has 0 spiro atoms. The van der Waals surface area contributed by atoms with E-state index in [1.165, 1.54) is 0 Å². The number of carbonyl (C=O) groups excluding carboxylic acids is 1. The second-order valence-electron chi connectivity index (χ2n) is 6.69. The Kier molecular flexibility index (Phi) is 3.31. The SMILES string of the molecule is C[C@H]1C[C@]2(c3ccc(Cl)cc3)OC[C@H]3CC=CC[C@H]3N2C1=O. The van der Waals surface area contributed by atoms with Crippen molar-refractivity contribution in [1.29, 1.82) is 0 Å². The van der Waals surface area contributed by atoms with E-state index < -0.39 is 5.72 Å². The van der Waals surface area contributed by atoms with E-state index in [4.69, 9.17) is 16.3 Å². The molecule has 0 radical (unpaired) electrons. The Morgan fingerprint density at radius 1 is 1.23 bits per heavy atom. The molecular formula is C18H20ClNO2. The molecule has 1 amide bonds. The van der Waals surface area contributed by atoms with E-state index in [1.807, 2.05) is 36.1 Å². The number of hydrogen-bond acceptors (Lipinski definition) is 2. The van der Waals surface area contributed by atoms with Crippen LogP contribution in [0, 0.1) is 11.8 Å². The van der Waals surface area contributed by atoms with Gasteiger partial charge in [-0.2, -0.15) is 0 Å². The predicted octanol–water partition coefficient (Wildman–Crippen LogP) is 3.73. The highest BCUT2D eigenvalue weighted by atomic mass is 35.5. The van der Waals surface area contributed by atoms with Gasteiger partial charge in [-0.05, 0) is 25.0 Å². The van der Waals surface area contributed by atoms with Crippen LogP contribution in [-0.4, -0.2) is 23.5 Å². The number of halogens is 1. The van der Waals surface area contributed by atoms with Crippen LogP contribution in [0.25, 0.3) is 0 Å². The van der Waals surface area contributed by atoms with Crippen molar-refractivity contribution in [2.24, 2.45) is 11.8 Å². The first kappa shape index (κ1) is 14.3. The topological polar surface area (TPSA) is 29.5 Å². The summed E-state index contributed by atoms with van der Waals surface area (Å²) in [6.45, 7) is 2.73. The summed E-state index contributed by atoms with van der Waals surface area (Å²) in [5.41, 5.74) is 0.440. The molecule has 2 fully saturated rings. The zero-order chi connectivity index (χ0) is 15.3. The van der Waals surface area contributed by atoms with Crippen molar-refractivity contribution in [2.45, 2.75) is 38.0 Å². The fourth-order valence-electron chi connectivity index (χ4n) is 4.22. The number of fused-ring (bicyclic) bond motifs is 3. The lowest BCUT2D eigenvalue weighted by Crippen LogP contribution is -2.59. The molecule has 1 aromatic carbocycles. The van der Waals surface area contributed by atoms with Crippen LogP contribution in [0.15, 0.2) is 36.4 Å². The van der Waals surface area contributed by atoms with Gasteiger partial charge in [0.2, 0.25) is 5.91 Å². The number of ether oxygens (including phenoxy) is 1. The van der Waals surface area contributed by atoms with Crippen LogP contribution >= 0.6 is 11.6 Å². The van der Waals surface area contributed by atoms with Crippen LogP contribution in [-0.2, 0) is 15.3 Å². The second kappa shape index (κ2) is 5.10. The molecule has 4 atom stereocenters. The third kappa shape index (κ3) is 1.95. The minimum absolute atomic E-state index is 0.000309. The van der Waals surface area contributed by atoms with Gasteiger partial charge in [-0.25, -0.2) is 0 Å². The van der Waals surface area contributed by atoms with E-state index in [9.17, 15) is 4.79 Å². The van der Waals surface area contributed by atoms with Gasteiger partial charge in [-0.3, -0.25) is 4.79 Å².